The van der Waals surface area contributed by atoms with E-state index in [9.17, 15) is 5.11 Å². The van der Waals surface area contributed by atoms with E-state index in [-0.39, 0.29) is 0 Å². The maximum Gasteiger partial charge on any atom is 0.125 e. The zero-order valence-corrected chi connectivity index (χ0v) is 11.5. The molecule has 1 atom stereocenters. The van der Waals surface area contributed by atoms with Gasteiger partial charge in [-0.25, -0.2) is 0 Å². The van der Waals surface area contributed by atoms with E-state index in [1.54, 1.807) is 0 Å². The first-order valence-electron chi connectivity index (χ1n) is 7.08. The Bertz CT molecular complexity index is 380. The van der Waals surface area contributed by atoms with Crippen LogP contribution in [0.3, 0.4) is 0 Å². The molecule has 1 saturated carbocycles. The normalized spacial score (nSPS) is 19.1. The summed E-state index contributed by atoms with van der Waals surface area (Å²) in [6, 6.07) is 7.89. The molecule has 2 rings (SSSR count). The highest BCUT2D eigenvalue weighted by Gasteiger charge is 2.32. The van der Waals surface area contributed by atoms with Crippen molar-refractivity contribution in [3.63, 3.8) is 0 Å². The molecule has 2 nitrogen and oxygen atoms in total. The fourth-order valence-corrected chi connectivity index (χ4v) is 2.62. The van der Waals surface area contributed by atoms with Gasteiger partial charge in [-0.3, -0.25) is 0 Å². The third-order valence-corrected chi connectivity index (χ3v) is 3.84. The predicted octanol–water partition coefficient (Wildman–Crippen LogP) is 3.87. The summed E-state index contributed by atoms with van der Waals surface area (Å²) in [4.78, 5) is 0. The van der Waals surface area contributed by atoms with Gasteiger partial charge in [0.2, 0.25) is 0 Å². The molecule has 0 radical (unpaired) electrons. The number of ether oxygens (including phenoxy) is 1. The lowest BCUT2D eigenvalue weighted by Gasteiger charge is -2.34. The second-order valence-corrected chi connectivity index (χ2v) is 5.62. The quantitative estimate of drug-likeness (QED) is 0.828. The Morgan fingerprint density at radius 3 is 2.67 bits per heavy atom. The highest BCUT2D eigenvalue weighted by Crippen LogP contribution is 2.40. The molecule has 0 amide bonds. The van der Waals surface area contributed by atoms with Crippen LogP contribution < -0.4 is 4.74 Å². The van der Waals surface area contributed by atoms with Crippen molar-refractivity contribution in [2.24, 2.45) is 5.92 Å². The molecule has 0 aromatic heterocycles. The summed E-state index contributed by atoms with van der Waals surface area (Å²) >= 11 is 0. The van der Waals surface area contributed by atoms with Gasteiger partial charge in [0.1, 0.15) is 5.75 Å². The van der Waals surface area contributed by atoms with Gasteiger partial charge in [0.15, 0.2) is 0 Å². The van der Waals surface area contributed by atoms with Gasteiger partial charge in [-0.2, -0.15) is 0 Å². The number of hydrogen-bond donors (Lipinski definition) is 1. The minimum Gasteiger partial charge on any atom is -0.493 e. The Hall–Kier alpha value is -1.02. The van der Waals surface area contributed by atoms with Gasteiger partial charge in [0.05, 0.1) is 12.2 Å². The molecule has 1 N–H and O–H groups in total. The first-order chi connectivity index (χ1) is 8.63. The van der Waals surface area contributed by atoms with Crippen LogP contribution in [0.15, 0.2) is 24.3 Å². The van der Waals surface area contributed by atoms with Gasteiger partial charge >= 0.3 is 0 Å². The highest BCUT2D eigenvalue weighted by molar-refractivity contribution is 5.37. The maximum absolute atomic E-state index is 10.7. The van der Waals surface area contributed by atoms with Crippen LogP contribution in [0.4, 0.5) is 0 Å². The molecule has 0 saturated heterocycles. The minimum atomic E-state index is -0.768. The predicted molar refractivity (Wildman–Crippen MR) is 73.8 cm³/mol. The smallest absolute Gasteiger partial charge is 0.125 e. The van der Waals surface area contributed by atoms with Gasteiger partial charge in [0, 0.05) is 5.56 Å². The molecule has 1 unspecified atom stereocenters. The van der Waals surface area contributed by atoms with Gasteiger partial charge in [-0.1, -0.05) is 44.4 Å². The van der Waals surface area contributed by atoms with Crippen LogP contribution in [0, 0.1) is 5.92 Å². The molecule has 0 heterocycles. The van der Waals surface area contributed by atoms with Crippen LogP contribution in [-0.2, 0) is 5.60 Å². The summed E-state index contributed by atoms with van der Waals surface area (Å²) < 4.78 is 5.75. The molecular formula is C16H24O2. The van der Waals surface area contributed by atoms with Crippen molar-refractivity contribution in [3.05, 3.63) is 29.8 Å². The lowest BCUT2D eigenvalue weighted by atomic mass is 9.75. The molecule has 18 heavy (non-hydrogen) atoms. The average molecular weight is 248 g/mol. The summed E-state index contributed by atoms with van der Waals surface area (Å²) in [6.45, 7) is 4.71. The van der Waals surface area contributed by atoms with Crippen molar-refractivity contribution >= 4 is 0 Å². The van der Waals surface area contributed by atoms with Crippen molar-refractivity contribution in [2.75, 3.05) is 6.61 Å². The second-order valence-electron chi connectivity index (χ2n) is 5.62. The van der Waals surface area contributed by atoms with E-state index < -0.39 is 5.60 Å². The van der Waals surface area contributed by atoms with Crippen LogP contribution in [-0.4, -0.2) is 11.7 Å². The van der Waals surface area contributed by atoms with Crippen LogP contribution in [0.25, 0.3) is 0 Å². The standard InChI is InChI=1S/C16H24O2/c1-3-11-18-15-10-5-4-9-14(15)16(2,17)12-13-7-6-8-13/h4-5,9-10,13,17H,3,6-8,11-12H2,1-2H3. The Balaban J connectivity index is 2.13. The highest BCUT2D eigenvalue weighted by atomic mass is 16.5. The van der Waals surface area contributed by atoms with Crippen molar-refractivity contribution in [1.29, 1.82) is 0 Å². The van der Waals surface area contributed by atoms with E-state index in [0.717, 1.165) is 24.2 Å². The lowest BCUT2D eigenvalue weighted by molar-refractivity contribution is 0.0137. The van der Waals surface area contributed by atoms with Crippen molar-refractivity contribution < 1.29 is 9.84 Å². The molecule has 0 spiro atoms. The second kappa shape index (κ2) is 5.75. The van der Waals surface area contributed by atoms with E-state index in [0.29, 0.717) is 12.5 Å². The summed E-state index contributed by atoms with van der Waals surface area (Å²) in [7, 11) is 0. The third kappa shape index (κ3) is 3.05. The summed E-state index contributed by atoms with van der Waals surface area (Å²) in [6.07, 6.45) is 5.66. The summed E-state index contributed by atoms with van der Waals surface area (Å²) in [5.41, 5.74) is 0.167. The number of aliphatic hydroxyl groups is 1. The van der Waals surface area contributed by atoms with Crippen LogP contribution in [0.2, 0.25) is 0 Å². The Labute approximate surface area is 110 Å². The van der Waals surface area contributed by atoms with Crippen molar-refractivity contribution in [1.82, 2.24) is 0 Å². The minimum absolute atomic E-state index is 0.680. The van der Waals surface area contributed by atoms with Gasteiger partial charge in [0.25, 0.3) is 0 Å². The number of benzene rings is 1. The van der Waals surface area contributed by atoms with E-state index in [1.165, 1.54) is 19.3 Å². The Morgan fingerprint density at radius 2 is 2.06 bits per heavy atom. The fraction of sp³-hybridized carbons (Fsp3) is 0.625. The van der Waals surface area contributed by atoms with Crippen molar-refractivity contribution in [2.45, 2.75) is 51.6 Å². The number of para-hydroxylation sites is 1. The number of rotatable bonds is 6. The molecule has 1 aromatic carbocycles. The Morgan fingerprint density at radius 1 is 1.33 bits per heavy atom. The zero-order valence-electron chi connectivity index (χ0n) is 11.5. The van der Waals surface area contributed by atoms with Crippen LogP contribution in [0.5, 0.6) is 5.75 Å². The number of hydrogen-bond acceptors (Lipinski definition) is 2. The first-order valence-corrected chi connectivity index (χ1v) is 7.08. The van der Waals surface area contributed by atoms with Crippen LogP contribution in [0.1, 0.15) is 51.5 Å². The molecule has 1 fully saturated rings. The molecule has 2 heteroatoms. The van der Waals surface area contributed by atoms with E-state index in [4.69, 9.17) is 4.74 Å². The van der Waals surface area contributed by atoms with E-state index >= 15 is 0 Å². The summed E-state index contributed by atoms with van der Waals surface area (Å²) in [5, 5.41) is 10.7. The van der Waals surface area contributed by atoms with E-state index in [1.807, 2.05) is 31.2 Å². The van der Waals surface area contributed by atoms with Crippen molar-refractivity contribution in [3.8, 4) is 5.75 Å². The molecule has 1 aromatic rings. The largest absolute Gasteiger partial charge is 0.493 e. The van der Waals surface area contributed by atoms with Gasteiger partial charge in [-0.15, -0.1) is 0 Å². The monoisotopic (exact) mass is 248 g/mol. The van der Waals surface area contributed by atoms with E-state index in [2.05, 4.69) is 6.92 Å². The Kier molecular flexibility index (Phi) is 4.28. The molecule has 100 valence electrons. The lowest BCUT2D eigenvalue weighted by Crippen LogP contribution is -2.28. The molecule has 0 aliphatic heterocycles. The maximum atomic E-state index is 10.7. The topological polar surface area (TPSA) is 29.5 Å². The van der Waals surface area contributed by atoms with Crippen LogP contribution >= 0.6 is 0 Å². The zero-order chi connectivity index (χ0) is 13.0. The SMILES string of the molecule is CCCOc1ccccc1C(C)(O)CC1CCC1. The molecule has 0 bridgehead atoms. The summed E-state index contributed by atoms with van der Waals surface area (Å²) in [5.74, 6) is 1.52. The first kappa shape index (κ1) is 13.4. The van der Waals surface area contributed by atoms with Gasteiger partial charge in [-0.05, 0) is 31.7 Å². The average Bonchev–Trinajstić information content (AvgIpc) is 2.32. The molecule has 1 aliphatic rings. The van der Waals surface area contributed by atoms with Gasteiger partial charge < -0.3 is 9.84 Å². The fourth-order valence-electron chi connectivity index (χ4n) is 2.62. The molecule has 1 aliphatic carbocycles. The molecular weight excluding hydrogens is 224 g/mol. The third-order valence-electron chi connectivity index (χ3n) is 3.84.